The third-order valence-corrected chi connectivity index (χ3v) is 6.37. The molecule has 0 radical (unpaired) electrons. The minimum absolute atomic E-state index is 0.353. The third-order valence-electron chi connectivity index (χ3n) is 5.59. The summed E-state index contributed by atoms with van der Waals surface area (Å²) in [6.07, 6.45) is 4.79. The number of aryl methyl sites for hydroxylation is 1. The van der Waals surface area contributed by atoms with E-state index < -0.39 is 0 Å². The molecule has 26 heavy (non-hydrogen) atoms. The fraction of sp³-hybridized carbons (Fsp3) is 0.455. The minimum Gasteiger partial charge on any atom is -0.454 e. The summed E-state index contributed by atoms with van der Waals surface area (Å²) in [7, 11) is 0. The van der Waals surface area contributed by atoms with Gasteiger partial charge in [0.1, 0.15) is 0 Å². The summed E-state index contributed by atoms with van der Waals surface area (Å²) in [5.41, 5.74) is 4.08. The van der Waals surface area contributed by atoms with Gasteiger partial charge in [0.2, 0.25) is 6.79 Å². The molecule has 2 heterocycles. The van der Waals surface area contributed by atoms with Crippen LogP contribution in [-0.2, 0) is 12.8 Å². The Bertz CT molecular complexity index is 769. The van der Waals surface area contributed by atoms with Crippen LogP contribution in [0.2, 0.25) is 0 Å². The Hall–Kier alpha value is -1.52. The molecule has 0 amide bonds. The first kappa shape index (κ1) is 17.9. The number of halogens is 1. The molecule has 1 saturated heterocycles. The largest absolute Gasteiger partial charge is 0.454 e. The molecular weight excluding hydrogens is 390 g/mol. The van der Waals surface area contributed by atoms with Crippen molar-refractivity contribution in [2.75, 3.05) is 26.4 Å². The summed E-state index contributed by atoms with van der Waals surface area (Å²) >= 11 is 3.71. The number of hydrogen-bond acceptors (Lipinski definition) is 3. The molecule has 0 bridgehead atoms. The second-order valence-electron chi connectivity index (χ2n) is 7.48. The van der Waals surface area contributed by atoms with Gasteiger partial charge in [0.05, 0.1) is 0 Å². The van der Waals surface area contributed by atoms with Gasteiger partial charge in [-0.3, -0.25) is 0 Å². The van der Waals surface area contributed by atoms with E-state index >= 15 is 0 Å². The molecule has 1 fully saturated rings. The van der Waals surface area contributed by atoms with Crippen molar-refractivity contribution < 1.29 is 9.47 Å². The quantitative estimate of drug-likeness (QED) is 0.686. The van der Waals surface area contributed by atoms with Crippen molar-refractivity contribution in [2.24, 2.45) is 5.92 Å². The molecule has 0 N–H and O–H groups in total. The number of para-hydroxylation sites is 1. The zero-order valence-corrected chi connectivity index (χ0v) is 16.9. The SMILES string of the molecule is Cc1ccc(Br)c(CC2CCN(CCc3cccc4c3OCO4)CC2)c1. The molecule has 2 aliphatic heterocycles. The second-order valence-corrected chi connectivity index (χ2v) is 8.34. The number of piperidine rings is 1. The highest BCUT2D eigenvalue weighted by atomic mass is 79.9. The maximum atomic E-state index is 5.63. The van der Waals surface area contributed by atoms with Gasteiger partial charge < -0.3 is 14.4 Å². The summed E-state index contributed by atoms with van der Waals surface area (Å²) in [5, 5.41) is 0. The average molecular weight is 416 g/mol. The zero-order chi connectivity index (χ0) is 17.9. The standard InChI is InChI=1S/C22H26BrNO2/c1-16-5-6-20(23)19(13-16)14-17-7-10-24(11-8-17)12-9-18-3-2-4-21-22(18)26-15-25-21/h2-6,13,17H,7-12,14-15H2,1H3. The van der Waals surface area contributed by atoms with E-state index in [0.717, 1.165) is 30.4 Å². The third kappa shape index (κ3) is 4.07. The maximum Gasteiger partial charge on any atom is 0.231 e. The Morgan fingerprint density at radius 2 is 1.92 bits per heavy atom. The first-order chi connectivity index (χ1) is 12.7. The first-order valence-electron chi connectivity index (χ1n) is 9.54. The van der Waals surface area contributed by atoms with Crippen LogP contribution >= 0.6 is 15.9 Å². The van der Waals surface area contributed by atoms with Crippen LogP contribution in [-0.4, -0.2) is 31.3 Å². The molecule has 138 valence electrons. The lowest BCUT2D eigenvalue weighted by atomic mass is 9.89. The van der Waals surface area contributed by atoms with E-state index in [2.05, 4.69) is 58.1 Å². The molecule has 0 atom stereocenters. The molecule has 3 nitrogen and oxygen atoms in total. The van der Waals surface area contributed by atoms with Gasteiger partial charge in [-0.05, 0) is 74.9 Å². The molecule has 0 unspecified atom stereocenters. The van der Waals surface area contributed by atoms with Crippen LogP contribution in [0.25, 0.3) is 0 Å². The van der Waals surface area contributed by atoms with Crippen molar-refractivity contribution in [3.05, 3.63) is 57.6 Å². The number of likely N-dealkylation sites (tertiary alicyclic amines) is 1. The molecule has 4 rings (SSSR count). The number of ether oxygens (including phenoxy) is 2. The van der Waals surface area contributed by atoms with E-state index in [-0.39, 0.29) is 0 Å². The van der Waals surface area contributed by atoms with Crippen molar-refractivity contribution in [1.82, 2.24) is 4.90 Å². The molecule has 2 aromatic rings. The van der Waals surface area contributed by atoms with E-state index in [1.807, 2.05) is 6.07 Å². The number of hydrogen-bond donors (Lipinski definition) is 0. The number of benzene rings is 2. The maximum absolute atomic E-state index is 5.63. The molecule has 2 aliphatic rings. The van der Waals surface area contributed by atoms with Crippen molar-refractivity contribution in [2.45, 2.75) is 32.6 Å². The number of fused-ring (bicyclic) bond motifs is 1. The zero-order valence-electron chi connectivity index (χ0n) is 15.3. The summed E-state index contributed by atoms with van der Waals surface area (Å²) < 4.78 is 12.4. The predicted molar refractivity (Wildman–Crippen MR) is 108 cm³/mol. The van der Waals surface area contributed by atoms with Crippen molar-refractivity contribution in [1.29, 1.82) is 0 Å². The van der Waals surface area contributed by atoms with E-state index in [1.165, 1.54) is 53.5 Å². The molecule has 4 heteroatoms. The highest BCUT2D eigenvalue weighted by molar-refractivity contribution is 9.10. The van der Waals surface area contributed by atoms with Gasteiger partial charge in [-0.1, -0.05) is 45.8 Å². The topological polar surface area (TPSA) is 21.7 Å². The Kier molecular flexibility index (Phi) is 5.51. The normalized spacial score (nSPS) is 17.6. The Morgan fingerprint density at radius 3 is 2.77 bits per heavy atom. The van der Waals surface area contributed by atoms with Crippen molar-refractivity contribution in [3.63, 3.8) is 0 Å². The second kappa shape index (κ2) is 8.01. The Morgan fingerprint density at radius 1 is 1.08 bits per heavy atom. The number of nitrogens with zero attached hydrogens (tertiary/aromatic N) is 1. The summed E-state index contributed by atoms with van der Waals surface area (Å²) in [5.74, 6) is 2.64. The van der Waals surface area contributed by atoms with Gasteiger partial charge in [-0.2, -0.15) is 0 Å². The fourth-order valence-corrected chi connectivity index (χ4v) is 4.46. The van der Waals surface area contributed by atoms with Crippen LogP contribution in [0.5, 0.6) is 11.5 Å². The van der Waals surface area contributed by atoms with Gasteiger partial charge in [-0.15, -0.1) is 0 Å². The summed E-state index contributed by atoms with van der Waals surface area (Å²) in [6.45, 7) is 6.02. The molecule has 0 spiro atoms. The summed E-state index contributed by atoms with van der Waals surface area (Å²) in [6, 6.07) is 12.9. The molecule has 0 aromatic heterocycles. The first-order valence-corrected chi connectivity index (χ1v) is 10.3. The van der Waals surface area contributed by atoms with Crippen LogP contribution in [0.4, 0.5) is 0 Å². The van der Waals surface area contributed by atoms with Crippen LogP contribution < -0.4 is 9.47 Å². The van der Waals surface area contributed by atoms with Gasteiger partial charge in [0.25, 0.3) is 0 Å². The molecule has 2 aromatic carbocycles. The van der Waals surface area contributed by atoms with Crippen molar-refractivity contribution >= 4 is 15.9 Å². The smallest absolute Gasteiger partial charge is 0.231 e. The lowest BCUT2D eigenvalue weighted by Crippen LogP contribution is -2.35. The minimum atomic E-state index is 0.353. The Labute approximate surface area is 164 Å². The molecule has 0 saturated carbocycles. The molecular formula is C22H26BrNO2. The highest BCUT2D eigenvalue weighted by Crippen LogP contribution is 2.35. The van der Waals surface area contributed by atoms with Crippen molar-refractivity contribution in [3.8, 4) is 11.5 Å². The van der Waals surface area contributed by atoms with Gasteiger partial charge in [0.15, 0.2) is 11.5 Å². The van der Waals surface area contributed by atoms with Crippen LogP contribution in [0, 0.1) is 12.8 Å². The van der Waals surface area contributed by atoms with E-state index in [9.17, 15) is 0 Å². The average Bonchev–Trinajstić information content (AvgIpc) is 3.13. The summed E-state index contributed by atoms with van der Waals surface area (Å²) in [4.78, 5) is 2.59. The monoisotopic (exact) mass is 415 g/mol. The van der Waals surface area contributed by atoms with Gasteiger partial charge in [-0.25, -0.2) is 0 Å². The van der Waals surface area contributed by atoms with Gasteiger partial charge in [0, 0.05) is 11.0 Å². The molecule has 0 aliphatic carbocycles. The van der Waals surface area contributed by atoms with E-state index in [1.54, 1.807) is 0 Å². The highest BCUT2D eigenvalue weighted by Gasteiger charge is 2.22. The Balaban J connectivity index is 1.28. The number of rotatable bonds is 5. The predicted octanol–water partition coefficient (Wildman–Crippen LogP) is 4.98. The van der Waals surface area contributed by atoms with E-state index in [4.69, 9.17) is 9.47 Å². The van der Waals surface area contributed by atoms with Crippen LogP contribution in [0.15, 0.2) is 40.9 Å². The van der Waals surface area contributed by atoms with Crippen LogP contribution in [0.3, 0.4) is 0 Å². The lowest BCUT2D eigenvalue weighted by Gasteiger charge is -2.32. The fourth-order valence-electron chi connectivity index (χ4n) is 4.05. The van der Waals surface area contributed by atoms with E-state index in [0.29, 0.717) is 6.79 Å². The van der Waals surface area contributed by atoms with Gasteiger partial charge >= 0.3 is 0 Å². The van der Waals surface area contributed by atoms with Crippen LogP contribution in [0.1, 0.15) is 29.5 Å². The lowest BCUT2D eigenvalue weighted by molar-refractivity contribution is 0.171.